The summed E-state index contributed by atoms with van der Waals surface area (Å²) in [7, 11) is 0. The monoisotopic (exact) mass is 424 g/mol. The van der Waals surface area contributed by atoms with Crippen molar-refractivity contribution in [3.05, 3.63) is 22.5 Å². The quantitative estimate of drug-likeness (QED) is 0.639. The molecule has 4 aliphatic carbocycles. The summed E-state index contributed by atoms with van der Waals surface area (Å²) in [6.45, 7) is 12.0. The van der Waals surface area contributed by atoms with Crippen LogP contribution in [0.25, 0.3) is 6.08 Å². The number of aromatic nitrogens is 2. The maximum absolute atomic E-state index is 13.7. The number of rotatable bonds is 2. The summed E-state index contributed by atoms with van der Waals surface area (Å²) in [5, 5.41) is 14.9. The minimum Gasteiger partial charge on any atom is -0.393 e. The second-order valence-electron chi connectivity index (χ2n) is 11.6. The van der Waals surface area contributed by atoms with E-state index >= 15 is 0 Å². The molecule has 0 aromatic carbocycles. The van der Waals surface area contributed by atoms with Gasteiger partial charge in [0.05, 0.1) is 11.8 Å². The first-order valence-corrected chi connectivity index (χ1v) is 12.7. The van der Waals surface area contributed by atoms with Crippen molar-refractivity contribution in [2.75, 3.05) is 0 Å². The zero-order valence-corrected chi connectivity index (χ0v) is 20.1. The molecule has 0 unspecified atom stereocenters. The maximum Gasteiger partial charge on any atom is 0.165 e. The molecule has 0 radical (unpaired) electrons. The van der Waals surface area contributed by atoms with Crippen LogP contribution in [-0.4, -0.2) is 26.8 Å². The van der Waals surface area contributed by atoms with Gasteiger partial charge in [-0.1, -0.05) is 13.8 Å². The highest BCUT2D eigenvalue weighted by Gasteiger charge is 2.61. The van der Waals surface area contributed by atoms with Crippen LogP contribution >= 0.6 is 0 Å². The second-order valence-corrected chi connectivity index (χ2v) is 11.6. The predicted octanol–water partition coefficient (Wildman–Crippen LogP) is 5.49. The number of allylic oxidation sites excluding steroid dienone is 1. The molecule has 4 fully saturated rings. The lowest BCUT2D eigenvalue weighted by Gasteiger charge is -2.59. The minimum atomic E-state index is -0.188. The molecule has 0 aliphatic heterocycles. The van der Waals surface area contributed by atoms with Crippen LogP contribution in [0.5, 0.6) is 0 Å². The summed E-state index contributed by atoms with van der Waals surface area (Å²) < 4.78 is 2.05. The van der Waals surface area contributed by atoms with Crippen molar-refractivity contribution in [1.29, 1.82) is 0 Å². The number of aliphatic hydroxyl groups excluding tert-OH is 1. The van der Waals surface area contributed by atoms with E-state index in [4.69, 9.17) is 0 Å². The minimum absolute atomic E-state index is 0.0957. The number of fused-ring (bicyclic) bond motifs is 5. The van der Waals surface area contributed by atoms with E-state index in [0.717, 1.165) is 61.4 Å². The molecule has 5 rings (SSSR count). The number of carbonyl (C=O) groups is 1. The molecular formula is C27H40N2O2. The largest absolute Gasteiger partial charge is 0.393 e. The Kier molecular flexibility index (Phi) is 5.04. The van der Waals surface area contributed by atoms with E-state index < -0.39 is 0 Å². The number of hydrogen-bond donors (Lipinski definition) is 1. The van der Waals surface area contributed by atoms with E-state index in [1.54, 1.807) is 0 Å². The fourth-order valence-corrected chi connectivity index (χ4v) is 8.44. The summed E-state index contributed by atoms with van der Waals surface area (Å²) >= 11 is 0. The third kappa shape index (κ3) is 3.03. The van der Waals surface area contributed by atoms with Gasteiger partial charge in [0.1, 0.15) is 0 Å². The van der Waals surface area contributed by atoms with Crippen molar-refractivity contribution in [2.24, 2.45) is 34.5 Å². The molecule has 0 bridgehead atoms. The van der Waals surface area contributed by atoms with Gasteiger partial charge in [0.2, 0.25) is 0 Å². The first kappa shape index (κ1) is 21.4. The summed E-state index contributed by atoms with van der Waals surface area (Å²) in [6, 6.07) is 0. The lowest BCUT2D eigenvalue weighted by molar-refractivity contribution is -0.141. The Balaban J connectivity index is 1.46. The van der Waals surface area contributed by atoms with Crippen LogP contribution in [-0.2, 0) is 11.3 Å². The number of Topliss-reactive ketones (excluding diaryl/α,β-unsaturated/α-hetero) is 1. The van der Waals surface area contributed by atoms with E-state index in [2.05, 4.69) is 45.8 Å². The summed E-state index contributed by atoms with van der Waals surface area (Å²) in [6.07, 6.45) is 10.8. The average molecular weight is 425 g/mol. The van der Waals surface area contributed by atoms with Crippen LogP contribution in [0.15, 0.2) is 5.57 Å². The van der Waals surface area contributed by atoms with Crippen molar-refractivity contribution < 1.29 is 9.90 Å². The molecule has 1 aromatic rings. The van der Waals surface area contributed by atoms with Gasteiger partial charge >= 0.3 is 0 Å². The van der Waals surface area contributed by atoms with Crippen molar-refractivity contribution in [3.8, 4) is 0 Å². The smallest absolute Gasteiger partial charge is 0.165 e. The third-order valence-electron chi connectivity index (χ3n) is 10.3. The van der Waals surface area contributed by atoms with E-state index in [-0.39, 0.29) is 11.5 Å². The lowest BCUT2D eigenvalue weighted by Crippen LogP contribution is -2.54. The van der Waals surface area contributed by atoms with Gasteiger partial charge in [0.15, 0.2) is 5.78 Å². The molecular weight excluding hydrogens is 384 g/mol. The Morgan fingerprint density at radius 1 is 1.13 bits per heavy atom. The number of ketones is 1. The molecule has 4 heteroatoms. The fourth-order valence-electron chi connectivity index (χ4n) is 8.44. The molecule has 1 aromatic heterocycles. The summed E-state index contributed by atoms with van der Waals surface area (Å²) in [5.74, 6) is 2.93. The van der Waals surface area contributed by atoms with Crippen LogP contribution in [0.2, 0.25) is 0 Å². The number of aryl methyl sites for hydroxylation is 2. The van der Waals surface area contributed by atoms with Crippen LogP contribution in [0.1, 0.15) is 89.1 Å². The van der Waals surface area contributed by atoms with Gasteiger partial charge in [0, 0.05) is 23.2 Å². The summed E-state index contributed by atoms with van der Waals surface area (Å²) in [5.41, 5.74) is 4.57. The Morgan fingerprint density at radius 2 is 1.90 bits per heavy atom. The Hall–Kier alpha value is -1.42. The van der Waals surface area contributed by atoms with Crippen LogP contribution in [0.3, 0.4) is 0 Å². The molecule has 31 heavy (non-hydrogen) atoms. The van der Waals surface area contributed by atoms with Crippen LogP contribution < -0.4 is 0 Å². The molecule has 4 saturated carbocycles. The topological polar surface area (TPSA) is 55.1 Å². The number of aliphatic hydroxyl groups is 1. The maximum atomic E-state index is 13.7. The predicted molar refractivity (Wildman–Crippen MR) is 123 cm³/mol. The standard InChI is InChI=1S/C27H40N2O2/c1-6-29-17(3)22(16(2)28-29)13-18-14-24-21-8-7-19-15-20(30)9-11-26(19,4)23(21)10-12-27(24,5)25(18)31/h13,19-21,23-24,30H,6-12,14-15H2,1-5H3/b18-13-/t19-,20+,21-,23+,24+,26+,27+/m1/s1. The summed E-state index contributed by atoms with van der Waals surface area (Å²) in [4.78, 5) is 13.7. The fraction of sp³-hybridized carbons (Fsp3) is 0.778. The molecule has 1 heterocycles. The van der Waals surface area contributed by atoms with Crippen molar-refractivity contribution >= 4 is 11.9 Å². The molecule has 0 amide bonds. The van der Waals surface area contributed by atoms with Crippen LogP contribution in [0.4, 0.5) is 0 Å². The van der Waals surface area contributed by atoms with Crippen molar-refractivity contribution in [2.45, 2.75) is 98.6 Å². The highest BCUT2D eigenvalue weighted by molar-refractivity contribution is 6.06. The van der Waals surface area contributed by atoms with E-state index in [9.17, 15) is 9.90 Å². The first-order valence-electron chi connectivity index (χ1n) is 12.7. The Morgan fingerprint density at radius 3 is 2.61 bits per heavy atom. The van der Waals surface area contributed by atoms with Gasteiger partial charge in [-0.15, -0.1) is 0 Å². The Labute approximate surface area is 187 Å². The Bertz CT molecular complexity index is 930. The first-order chi connectivity index (χ1) is 14.7. The molecule has 4 nitrogen and oxygen atoms in total. The third-order valence-corrected chi connectivity index (χ3v) is 10.3. The molecule has 4 aliphatic rings. The van der Waals surface area contributed by atoms with Crippen molar-refractivity contribution in [3.63, 3.8) is 0 Å². The number of hydrogen-bond acceptors (Lipinski definition) is 3. The van der Waals surface area contributed by atoms with Crippen LogP contribution in [0, 0.1) is 48.3 Å². The van der Waals surface area contributed by atoms with Gasteiger partial charge < -0.3 is 5.11 Å². The molecule has 170 valence electrons. The number of carbonyl (C=O) groups excluding carboxylic acids is 1. The van der Waals surface area contributed by atoms with Gasteiger partial charge in [-0.3, -0.25) is 9.48 Å². The van der Waals surface area contributed by atoms with E-state index in [0.29, 0.717) is 29.0 Å². The normalized spacial score (nSPS) is 43.6. The highest BCUT2D eigenvalue weighted by Crippen LogP contribution is 2.66. The molecule has 7 atom stereocenters. The SMILES string of the molecule is CCn1nc(C)c(/C=C2/C[C@H]3[C@@H]4CC[C@@H]5C[C@@H](O)CC[C@]5(C)[C@H]4CC[C@]3(C)C2=O)c1C. The second kappa shape index (κ2) is 7.30. The van der Waals surface area contributed by atoms with Gasteiger partial charge in [-0.05, 0) is 113 Å². The molecule has 0 saturated heterocycles. The zero-order valence-electron chi connectivity index (χ0n) is 20.1. The van der Waals surface area contributed by atoms with Gasteiger partial charge in [0.25, 0.3) is 0 Å². The molecule has 1 N–H and O–H groups in total. The lowest BCUT2D eigenvalue weighted by atomic mass is 9.45. The van der Waals surface area contributed by atoms with E-state index in [1.807, 2.05) is 4.68 Å². The molecule has 0 spiro atoms. The average Bonchev–Trinajstić information content (AvgIpc) is 3.16. The van der Waals surface area contributed by atoms with E-state index in [1.165, 1.54) is 25.0 Å². The zero-order chi connectivity index (χ0) is 22.1. The highest BCUT2D eigenvalue weighted by atomic mass is 16.3. The van der Waals surface area contributed by atoms with Crippen molar-refractivity contribution in [1.82, 2.24) is 9.78 Å². The number of nitrogens with zero attached hydrogens (tertiary/aromatic N) is 2. The van der Waals surface area contributed by atoms with Gasteiger partial charge in [-0.2, -0.15) is 5.10 Å². The van der Waals surface area contributed by atoms with Gasteiger partial charge in [-0.25, -0.2) is 0 Å².